The predicted molar refractivity (Wildman–Crippen MR) is 147 cm³/mol. The van der Waals surface area contributed by atoms with Crippen molar-refractivity contribution in [1.82, 2.24) is 9.55 Å². The molecule has 202 valence electrons. The number of benzene rings is 3. The maximum atomic E-state index is 13.2. The van der Waals surface area contributed by atoms with Crippen LogP contribution in [0.15, 0.2) is 72.9 Å². The average molecular weight is 575 g/mol. The molecule has 3 aromatic carbocycles. The lowest BCUT2D eigenvalue weighted by molar-refractivity contribution is -0.141. The number of hydrogen-bond donors (Lipinski definition) is 1. The normalized spacial score (nSPS) is 11.7. The molecule has 0 unspecified atom stereocenters. The fraction of sp³-hybridized carbons (Fsp3) is 0.172. The number of nitrogens with zero attached hydrogens (tertiary/aromatic N) is 2. The van der Waals surface area contributed by atoms with Crippen LogP contribution in [-0.2, 0) is 11.3 Å². The zero-order chi connectivity index (χ0) is 28.0. The highest BCUT2D eigenvalue weighted by Crippen LogP contribution is 2.31. The average Bonchev–Trinajstić information content (AvgIpc) is 3.26. The Kier molecular flexibility index (Phi) is 8.99. The lowest BCUT2D eigenvalue weighted by Crippen LogP contribution is -2.17. The maximum absolute atomic E-state index is 13.2. The molecule has 1 aromatic heterocycles. The number of hydrogen-bond acceptors (Lipinski definition) is 3. The van der Waals surface area contributed by atoms with Gasteiger partial charge < -0.3 is 14.4 Å². The van der Waals surface area contributed by atoms with Gasteiger partial charge in [0.1, 0.15) is 18.1 Å². The van der Waals surface area contributed by atoms with E-state index >= 15 is 0 Å². The Bertz CT molecular complexity index is 1460. The lowest BCUT2D eigenvalue weighted by Gasteiger charge is -2.08. The second-order valence-corrected chi connectivity index (χ2v) is 9.52. The minimum Gasteiger partial charge on any atom is -0.494 e. The quantitative estimate of drug-likeness (QED) is 0.193. The highest BCUT2D eigenvalue weighted by Gasteiger charge is 2.29. The van der Waals surface area contributed by atoms with Crippen LogP contribution in [0.2, 0.25) is 10.0 Å². The third kappa shape index (κ3) is 8.12. The van der Waals surface area contributed by atoms with Crippen molar-refractivity contribution in [2.75, 3.05) is 6.61 Å². The predicted octanol–water partition coefficient (Wildman–Crippen LogP) is 8.50. The van der Waals surface area contributed by atoms with Crippen molar-refractivity contribution in [3.8, 4) is 28.1 Å². The Morgan fingerprint density at radius 3 is 2.26 bits per heavy atom. The molecule has 0 fully saturated rings. The van der Waals surface area contributed by atoms with Crippen LogP contribution in [0.1, 0.15) is 24.2 Å². The lowest BCUT2D eigenvalue weighted by atomic mass is 10.0. The number of ether oxygens (including phenoxy) is 1. The summed E-state index contributed by atoms with van der Waals surface area (Å²) >= 11 is 12.2. The fourth-order valence-corrected chi connectivity index (χ4v) is 4.33. The van der Waals surface area contributed by atoms with E-state index < -0.39 is 18.7 Å². The first kappa shape index (κ1) is 28.3. The number of aliphatic carboxylic acids is 1. The summed E-state index contributed by atoms with van der Waals surface area (Å²) in [5.41, 5.74) is 3.48. The van der Waals surface area contributed by atoms with Gasteiger partial charge in [0.15, 0.2) is 0 Å². The van der Waals surface area contributed by atoms with Crippen molar-refractivity contribution < 1.29 is 27.8 Å². The largest absolute Gasteiger partial charge is 0.494 e. The molecule has 1 N–H and O–H groups in total. The van der Waals surface area contributed by atoms with Crippen molar-refractivity contribution in [2.45, 2.75) is 25.6 Å². The van der Waals surface area contributed by atoms with E-state index in [0.29, 0.717) is 40.1 Å². The van der Waals surface area contributed by atoms with Crippen LogP contribution < -0.4 is 4.74 Å². The molecular formula is C29H23Cl2F3N2O3. The van der Waals surface area contributed by atoms with E-state index in [0.717, 1.165) is 21.3 Å². The summed E-state index contributed by atoms with van der Waals surface area (Å²) in [4.78, 5) is 15.0. The number of halogens is 5. The smallest absolute Gasteiger partial charge is 0.406 e. The topological polar surface area (TPSA) is 64.3 Å². The van der Waals surface area contributed by atoms with Gasteiger partial charge in [0.25, 0.3) is 0 Å². The summed E-state index contributed by atoms with van der Waals surface area (Å²) in [5.74, 6) is -0.0694. The highest BCUT2D eigenvalue weighted by atomic mass is 35.5. The van der Waals surface area contributed by atoms with Crippen LogP contribution >= 0.6 is 23.2 Å². The van der Waals surface area contributed by atoms with Gasteiger partial charge in [0.05, 0.1) is 17.3 Å². The number of carbonyl (C=O) groups is 1. The Labute approximate surface area is 233 Å². The number of carboxylic acids is 1. The monoisotopic (exact) mass is 574 g/mol. The third-order valence-electron chi connectivity index (χ3n) is 5.69. The molecule has 0 bridgehead atoms. The summed E-state index contributed by atoms with van der Waals surface area (Å²) < 4.78 is 46.3. The number of alkyl halides is 3. The molecule has 1 heterocycles. The molecule has 0 amide bonds. The molecule has 0 atom stereocenters. The van der Waals surface area contributed by atoms with E-state index in [2.05, 4.69) is 4.98 Å². The first-order valence-corrected chi connectivity index (χ1v) is 12.7. The van der Waals surface area contributed by atoms with Gasteiger partial charge in [-0.15, -0.1) is 0 Å². The highest BCUT2D eigenvalue weighted by molar-refractivity contribution is 6.36. The molecule has 0 aliphatic heterocycles. The standard InChI is InChI=1S/C29H23Cl2F3N2O3/c30-22-10-13-24(25(31)16-22)26-17-36(18-29(32,33)34)27(35-26)14-5-19-3-6-20(7-4-19)21-8-11-23(12-9-21)39-15-1-2-28(37)38/h3-14,16-17H,1-2,15,18H2,(H,37,38)/b14-5+. The van der Waals surface area contributed by atoms with Gasteiger partial charge >= 0.3 is 12.1 Å². The van der Waals surface area contributed by atoms with E-state index in [-0.39, 0.29) is 12.2 Å². The van der Waals surface area contributed by atoms with E-state index in [9.17, 15) is 18.0 Å². The second kappa shape index (κ2) is 12.4. The van der Waals surface area contributed by atoms with Gasteiger partial charge in [-0.1, -0.05) is 65.7 Å². The minimum absolute atomic E-state index is 0.0565. The minimum atomic E-state index is -4.43. The number of carboxylic acid groups (broad SMARTS) is 1. The van der Waals surface area contributed by atoms with Gasteiger partial charge in [-0.25, -0.2) is 4.98 Å². The van der Waals surface area contributed by atoms with Crippen molar-refractivity contribution in [3.63, 3.8) is 0 Å². The molecule has 0 aliphatic carbocycles. The van der Waals surface area contributed by atoms with Gasteiger partial charge in [-0.05, 0) is 59.5 Å². The van der Waals surface area contributed by atoms with Crippen molar-refractivity contribution in [2.24, 2.45) is 0 Å². The van der Waals surface area contributed by atoms with Gasteiger partial charge in [-0.2, -0.15) is 13.2 Å². The van der Waals surface area contributed by atoms with Crippen LogP contribution in [0.3, 0.4) is 0 Å². The van der Waals surface area contributed by atoms with Crippen LogP contribution in [-0.4, -0.2) is 33.4 Å². The Balaban J connectivity index is 1.48. The number of imidazole rings is 1. The summed E-state index contributed by atoms with van der Waals surface area (Å²) in [6, 6.07) is 19.7. The molecule has 0 saturated carbocycles. The summed E-state index contributed by atoms with van der Waals surface area (Å²) in [5, 5.41) is 9.40. The first-order valence-electron chi connectivity index (χ1n) is 11.9. The van der Waals surface area contributed by atoms with Crippen molar-refractivity contribution in [3.05, 3.63) is 94.4 Å². The zero-order valence-corrected chi connectivity index (χ0v) is 22.0. The molecule has 4 rings (SSSR count). The molecule has 5 nitrogen and oxygen atoms in total. The summed E-state index contributed by atoms with van der Waals surface area (Å²) in [6.45, 7) is -0.870. The van der Waals surface area contributed by atoms with Gasteiger partial charge in [0, 0.05) is 23.2 Å². The van der Waals surface area contributed by atoms with Crippen LogP contribution in [0, 0.1) is 0 Å². The van der Waals surface area contributed by atoms with E-state index in [4.69, 9.17) is 33.0 Å². The van der Waals surface area contributed by atoms with E-state index in [1.54, 1.807) is 18.2 Å². The second-order valence-electron chi connectivity index (χ2n) is 8.68. The van der Waals surface area contributed by atoms with Gasteiger partial charge in [0.2, 0.25) is 0 Å². The molecule has 0 spiro atoms. The zero-order valence-electron chi connectivity index (χ0n) is 20.5. The number of aromatic nitrogens is 2. The third-order valence-corrected chi connectivity index (χ3v) is 6.24. The molecule has 0 aliphatic rings. The Morgan fingerprint density at radius 1 is 0.974 bits per heavy atom. The molecule has 39 heavy (non-hydrogen) atoms. The molecule has 4 aromatic rings. The summed E-state index contributed by atoms with van der Waals surface area (Å²) in [6.07, 6.45) is 0.612. The molecule has 0 radical (unpaired) electrons. The first-order chi connectivity index (χ1) is 18.6. The molecular weight excluding hydrogens is 552 g/mol. The SMILES string of the molecule is O=C(O)CCCOc1ccc(-c2ccc(/C=C/c3nc(-c4ccc(Cl)cc4Cl)cn3CC(F)(F)F)cc2)cc1. The fourth-order valence-electron chi connectivity index (χ4n) is 3.82. The Hall–Kier alpha value is -3.75. The molecule has 0 saturated heterocycles. The van der Waals surface area contributed by atoms with Crippen molar-refractivity contribution in [1.29, 1.82) is 0 Å². The van der Waals surface area contributed by atoms with E-state index in [1.807, 2.05) is 48.5 Å². The van der Waals surface area contributed by atoms with Gasteiger partial charge in [-0.3, -0.25) is 4.79 Å². The van der Waals surface area contributed by atoms with E-state index in [1.165, 1.54) is 18.3 Å². The Morgan fingerprint density at radius 2 is 1.64 bits per heavy atom. The summed E-state index contributed by atoms with van der Waals surface area (Å²) in [7, 11) is 0. The van der Waals surface area contributed by atoms with Crippen LogP contribution in [0.25, 0.3) is 34.5 Å². The van der Waals surface area contributed by atoms with Crippen LogP contribution in [0.4, 0.5) is 13.2 Å². The molecule has 10 heteroatoms. The maximum Gasteiger partial charge on any atom is 0.406 e. The van der Waals surface area contributed by atoms with Crippen LogP contribution in [0.5, 0.6) is 5.75 Å². The van der Waals surface area contributed by atoms with Crippen molar-refractivity contribution >= 4 is 41.3 Å². The number of rotatable bonds is 10.